The summed E-state index contributed by atoms with van der Waals surface area (Å²) in [5.74, 6) is -0.341. The third-order valence-corrected chi connectivity index (χ3v) is 3.38. The van der Waals surface area contributed by atoms with Gasteiger partial charge < -0.3 is 4.74 Å². The summed E-state index contributed by atoms with van der Waals surface area (Å²) in [6.45, 7) is 0. The fourth-order valence-corrected chi connectivity index (χ4v) is 2.28. The lowest BCUT2D eigenvalue weighted by molar-refractivity contribution is 0.0378. The molecule has 0 saturated carbocycles. The van der Waals surface area contributed by atoms with Gasteiger partial charge in [-0.15, -0.1) is 0 Å². The molecule has 0 saturated heterocycles. The lowest BCUT2D eigenvalue weighted by atomic mass is 10.0. The highest BCUT2D eigenvalue weighted by molar-refractivity contribution is 5.89. The van der Waals surface area contributed by atoms with Crippen molar-refractivity contribution >= 4 is 5.97 Å². The molecule has 0 bridgehead atoms. The predicted molar refractivity (Wildman–Crippen MR) is 85.4 cm³/mol. The predicted octanol–water partition coefficient (Wildman–Crippen LogP) is 4.43. The largest absolute Gasteiger partial charge is 0.449 e. The first-order valence-corrected chi connectivity index (χ1v) is 7.11. The number of esters is 1. The number of hydrogen-bond donors (Lipinski definition) is 0. The Kier molecular flexibility index (Phi) is 4.30. The van der Waals surface area contributed by atoms with Crippen molar-refractivity contribution in [3.05, 3.63) is 108 Å². The molecule has 0 spiro atoms. The van der Waals surface area contributed by atoms with Gasteiger partial charge in [-0.05, 0) is 29.3 Å². The van der Waals surface area contributed by atoms with Crippen LogP contribution >= 0.6 is 0 Å². The van der Waals surface area contributed by atoms with Crippen molar-refractivity contribution in [2.45, 2.75) is 6.10 Å². The van der Waals surface area contributed by atoms with Crippen molar-refractivity contribution in [1.82, 2.24) is 0 Å². The van der Waals surface area contributed by atoms with Gasteiger partial charge in [-0.3, -0.25) is 0 Å². The number of hydrogen-bond acceptors (Lipinski definition) is 2. The first kappa shape index (κ1) is 14.1. The van der Waals surface area contributed by atoms with Crippen LogP contribution in [0.4, 0.5) is 0 Å². The molecule has 107 valence electrons. The van der Waals surface area contributed by atoms with Crippen molar-refractivity contribution < 1.29 is 9.53 Å². The van der Waals surface area contributed by atoms with Crippen molar-refractivity contribution in [2.24, 2.45) is 0 Å². The first-order chi connectivity index (χ1) is 10.8. The third-order valence-electron chi connectivity index (χ3n) is 3.38. The molecule has 0 amide bonds. The molecule has 22 heavy (non-hydrogen) atoms. The van der Waals surface area contributed by atoms with E-state index in [0.29, 0.717) is 5.56 Å². The second-order valence-corrected chi connectivity index (χ2v) is 4.90. The highest BCUT2D eigenvalue weighted by Crippen LogP contribution is 2.26. The molecule has 0 N–H and O–H groups in total. The number of benzene rings is 3. The summed E-state index contributed by atoms with van der Waals surface area (Å²) in [5.41, 5.74) is 2.42. The average Bonchev–Trinajstić information content (AvgIpc) is 2.62. The Morgan fingerprint density at radius 3 is 1.77 bits per heavy atom. The molecule has 0 aliphatic heterocycles. The summed E-state index contributed by atoms with van der Waals surface area (Å²) in [4.78, 5) is 12.4. The van der Waals surface area contributed by atoms with Crippen LogP contribution in [0.15, 0.2) is 84.9 Å². The Labute approximate surface area is 130 Å². The molecule has 2 heteroatoms. The molecule has 3 aromatic rings. The summed E-state index contributed by atoms with van der Waals surface area (Å²) in [5, 5.41) is 0. The van der Waals surface area contributed by atoms with Gasteiger partial charge in [0.15, 0.2) is 6.10 Å². The molecule has 3 aromatic carbocycles. The summed E-state index contributed by atoms with van der Waals surface area (Å²) >= 11 is 0. The fraction of sp³-hybridized carbons (Fsp3) is 0.0500. The second kappa shape index (κ2) is 6.72. The molecule has 3 rings (SSSR count). The van der Waals surface area contributed by atoms with Gasteiger partial charge in [0.05, 0.1) is 5.56 Å². The van der Waals surface area contributed by atoms with Crippen LogP contribution in [0.1, 0.15) is 27.6 Å². The van der Waals surface area contributed by atoms with E-state index in [1.807, 2.05) is 60.7 Å². The Hall–Kier alpha value is -2.87. The molecule has 2 nitrogen and oxygen atoms in total. The highest BCUT2D eigenvalue weighted by atomic mass is 16.5. The maximum absolute atomic E-state index is 12.4. The van der Waals surface area contributed by atoms with Gasteiger partial charge in [0, 0.05) is 0 Å². The molecular formula is C20H15O2. The quantitative estimate of drug-likeness (QED) is 0.663. The second-order valence-electron chi connectivity index (χ2n) is 4.90. The van der Waals surface area contributed by atoms with Gasteiger partial charge >= 0.3 is 5.97 Å². The number of carbonyl (C=O) groups excluding carboxylic acids is 1. The summed E-state index contributed by atoms with van der Waals surface area (Å²) in [6.07, 6.45) is -0.418. The van der Waals surface area contributed by atoms with Crippen molar-refractivity contribution in [3.8, 4) is 0 Å². The van der Waals surface area contributed by atoms with Crippen molar-refractivity contribution in [2.75, 3.05) is 0 Å². The number of rotatable bonds is 4. The van der Waals surface area contributed by atoms with E-state index in [4.69, 9.17) is 4.74 Å². The molecular weight excluding hydrogens is 272 g/mol. The Morgan fingerprint density at radius 2 is 1.27 bits per heavy atom. The maximum Gasteiger partial charge on any atom is 0.339 e. The van der Waals surface area contributed by atoms with Crippen LogP contribution in [0.5, 0.6) is 0 Å². The van der Waals surface area contributed by atoms with Gasteiger partial charge in [0.25, 0.3) is 0 Å². The van der Waals surface area contributed by atoms with E-state index < -0.39 is 6.10 Å². The van der Waals surface area contributed by atoms with E-state index in [0.717, 1.165) is 11.1 Å². The van der Waals surface area contributed by atoms with E-state index in [2.05, 4.69) is 6.07 Å². The van der Waals surface area contributed by atoms with E-state index in [-0.39, 0.29) is 5.97 Å². The van der Waals surface area contributed by atoms with Crippen LogP contribution in [-0.4, -0.2) is 5.97 Å². The van der Waals surface area contributed by atoms with E-state index >= 15 is 0 Å². The summed E-state index contributed by atoms with van der Waals surface area (Å²) in [6, 6.07) is 29.2. The Balaban J connectivity index is 1.91. The Morgan fingerprint density at radius 1 is 0.773 bits per heavy atom. The zero-order valence-corrected chi connectivity index (χ0v) is 12.0. The van der Waals surface area contributed by atoms with Crippen LogP contribution in [0.3, 0.4) is 0 Å². The molecule has 0 unspecified atom stereocenters. The third kappa shape index (κ3) is 3.23. The van der Waals surface area contributed by atoms with Gasteiger partial charge in [-0.25, -0.2) is 4.79 Å². The minimum atomic E-state index is -0.418. The standard InChI is InChI=1S/C20H15O2/c21-20(18-14-8-3-9-15-18)22-19(16-10-4-1-5-11-16)17-12-6-2-7-13-17/h1-2,4-15,19H. The fourth-order valence-electron chi connectivity index (χ4n) is 2.28. The van der Waals surface area contributed by atoms with E-state index in [1.54, 1.807) is 24.3 Å². The molecule has 0 heterocycles. The molecule has 0 fully saturated rings. The average molecular weight is 287 g/mol. The smallest absolute Gasteiger partial charge is 0.339 e. The molecule has 1 radical (unpaired) electrons. The van der Waals surface area contributed by atoms with Crippen LogP contribution in [0, 0.1) is 6.07 Å². The van der Waals surface area contributed by atoms with E-state index in [1.165, 1.54) is 0 Å². The molecule has 0 aliphatic carbocycles. The lowest BCUT2D eigenvalue weighted by Crippen LogP contribution is -2.13. The van der Waals surface area contributed by atoms with Crippen LogP contribution in [0.2, 0.25) is 0 Å². The van der Waals surface area contributed by atoms with Gasteiger partial charge in [0.2, 0.25) is 0 Å². The van der Waals surface area contributed by atoms with Crippen molar-refractivity contribution in [1.29, 1.82) is 0 Å². The van der Waals surface area contributed by atoms with Crippen LogP contribution in [-0.2, 0) is 4.74 Å². The maximum atomic E-state index is 12.4. The molecule has 0 aliphatic rings. The van der Waals surface area contributed by atoms with Gasteiger partial charge in [0.1, 0.15) is 0 Å². The monoisotopic (exact) mass is 287 g/mol. The summed E-state index contributed by atoms with van der Waals surface area (Å²) in [7, 11) is 0. The van der Waals surface area contributed by atoms with E-state index in [9.17, 15) is 4.79 Å². The zero-order valence-electron chi connectivity index (χ0n) is 12.0. The number of carbonyl (C=O) groups is 1. The minimum Gasteiger partial charge on any atom is -0.449 e. The topological polar surface area (TPSA) is 26.3 Å². The SMILES string of the molecule is O=C(OC(c1ccccc1)c1ccccc1)c1cc[c]cc1. The highest BCUT2D eigenvalue weighted by Gasteiger charge is 2.19. The molecule has 0 atom stereocenters. The number of ether oxygens (including phenoxy) is 1. The zero-order chi connectivity index (χ0) is 15.2. The summed E-state index contributed by atoms with van der Waals surface area (Å²) < 4.78 is 5.76. The minimum absolute atomic E-state index is 0.341. The van der Waals surface area contributed by atoms with Gasteiger partial charge in [-0.2, -0.15) is 0 Å². The van der Waals surface area contributed by atoms with Crippen molar-refractivity contribution in [3.63, 3.8) is 0 Å². The first-order valence-electron chi connectivity index (χ1n) is 7.11. The lowest BCUT2D eigenvalue weighted by Gasteiger charge is -2.19. The van der Waals surface area contributed by atoms with Crippen LogP contribution in [0.25, 0.3) is 0 Å². The molecule has 0 aromatic heterocycles. The Bertz CT molecular complexity index is 682. The normalized spacial score (nSPS) is 10.4. The van der Waals surface area contributed by atoms with Gasteiger partial charge in [-0.1, -0.05) is 72.8 Å². The van der Waals surface area contributed by atoms with Crippen LogP contribution < -0.4 is 0 Å².